The van der Waals surface area contributed by atoms with Gasteiger partial charge in [-0.25, -0.2) is 0 Å². The Labute approximate surface area is 103 Å². The molecule has 5 heteroatoms. The summed E-state index contributed by atoms with van der Waals surface area (Å²) in [6.07, 6.45) is 2.86. The lowest BCUT2D eigenvalue weighted by Crippen LogP contribution is -2.16. The van der Waals surface area contributed by atoms with Crippen LogP contribution >= 0.6 is 15.9 Å². The molecule has 0 fully saturated rings. The smallest absolute Gasteiger partial charge is 0.160 e. The van der Waals surface area contributed by atoms with E-state index in [1.165, 1.54) is 0 Å². The highest BCUT2D eigenvalue weighted by Gasteiger charge is 2.15. The molecule has 2 heterocycles. The molecule has 0 aliphatic carbocycles. The second-order valence-corrected chi connectivity index (χ2v) is 5.29. The number of nitrogens with two attached hydrogens (primary N) is 1. The van der Waals surface area contributed by atoms with Crippen LogP contribution in [0.4, 0.5) is 0 Å². The van der Waals surface area contributed by atoms with Crippen LogP contribution in [0, 0.1) is 5.92 Å². The predicted octanol–water partition coefficient (Wildman–Crippen LogP) is 2.54. The molecule has 2 N–H and O–H groups in total. The van der Waals surface area contributed by atoms with E-state index in [0.29, 0.717) is 5.92 Å². The van der Waals surface area contributed by atoms with Crippen LogP contribution in [0.2, 0.25) is 0 Å². The molecule has 2 rings (SSSR count). The first kappa shape index (κ1) is 11.5. The summed E-state index contributed by atoms with van der Waals surface area (Å²) < 4.78 is 2.94. The van der Waals surface area contributed by atoms with E-state index in [1.807, 2.05) is 22.7 Å². The summed E-state index contributed by atoms with van der Waals surface area (Å²) in [5, 5.41) is 8.26. The number of rotatable bonds is 3. The predicted molar refractivity (Wildman–Crippen MR) is 67.1 cm³/mol. The molecular formula is C11H15BrN4. The number of hydrogen-bond donors (Lipinski definition) is 1. The Morgan fingerprint density at radius 1 is 1.38 bits per heavy atom. The van der Waals surface area contributed by atoms with Gasteiger partial charge in [0.05, 0.1) is 6.04 Å². The molecule has 0 saturated carbocycles. The molecule has 0 radical (unpaired) electrons. The Kier molecular flexibility index (Phi) is 3.25. The third-order valence-electron chi connectivity index (χ3n) is 2.45. The minimum Gasteiger partial charge on any atom is -0.321 e. The van der Waals surface area contributed by atoms with Crippen LogP contribution in [-0.2, 0) is 0 Å². The van der Waals surface area contributed by atoms with Crippen molar-refractivity contribution in [2.45, 2.75) is 26.3 Å². The Morgan fingerprint density at radius 2 is 2.12 bits per heavy atom. The quantitative estimate of drug-likeness (QED) is 0.941. The van der Waals surface area contributed by atoms with Crippen molar-refractivity contribution < 1.29 is 0 Å². The van der Waals surface area contributed by atoms with Crippen molar-refractivity contribution in [3.8, 4) is 0 Å². The maximum atomic E-state index is 6.12. The standard InChI is InChI=1S/C11H15BrN4/c1-7(2)5-9(13)11-15-14-10-4-3-8(12)6-16(10)11/h3-4,6-7,9H,5,13H2,1-2H3. The third kappa shape index (κ3) is 2.25. The zero-order valence-electron chi connectivity index (χ0n) is 9.39. The topological polar surface area (TPSA) is 56.2 Å². The fraction of sp³-hybridized carbons (Fsp3) is 0.455. The van der Waals surface area contributed by atoms with E-state index in [2.05, 4.69) is 40.0 Å². The van der Waals surface area contributed by atoms with Gasteiger partial charge in [-0.1, -0.05) is 13.8 Å². The highest BCUT2D eigenvalue weighted by Crippen LogP contribution is 2.19. The van der Waals surface area contributed by atoms with Crippen molar-refractivity contribution in [2.75, 3.05) is 0 Å². The second-order valence-electron chi connectivity index (χ2n) is 4.37. The summed E-state index contributed by atoms with van der Waals surface area (Å²) in [6, 6.07) is 3.80. The fourth-order valence-electron chi connectivity index (χ4n) is 1.75. The fourth-order valence-corrected chi connectivity index (χ4v) is 2.09. The van der Waals surface area contributed by atoms with Gasteiger partial charge < -0.3 is 5.73 Å². The molecular weight excluding hydrogens is 268 g/mol. The molecule has 2 aromatic heterocycles. The number of aromatic nitrogens is 3. The number of nitrogens with zero attached hydrogens (tertiary/aromatic N) is 3. The molecule has 0 bridgehead atoms. The third-order valence-corrected chi connectivity index (χ3v) is 2.92. The molecule has 0 amide bonds. The molecule has 0 aliphatic heterocycles. The van der Waals surface area contributed by atoms with Gasteiger partial charge in [0.25, 0.3) is 0 Å². The van der Waals surface area contributed by atoms with E-state index >= 15 is 0 Å². The molecule has 16 heavy (non-hydrogen) atoms. The average Bonchev–Trinajstić information content (AvgIpc) is 2.59. The maximum absolute atomic E-state index is 6.12. The van der Waals surface area contributed by atoms with Crippen molar-refractivity contribution in [1.82, 2.24) is 14.6 Å². The summed E-state index contributed by atoms with van der Waals surface area (Å²) in [5.41, 5.74) is 6.95. The summed E-state index contributed by atoms with van der Waals surface area (Å²) in [7, 11) is 0. The number of hydrogen-bond acceptors (Lipinski definition) is 3. The van der Waals surface area contributed by atoms with Gasteiger partial charge in [-0.05, 0) is 40.4 Å². The normalized spacial score (nSPS) is 13.6. The van der Waals surface area contributed by atoms with E-state index in [-0.39, 0.29) is 6.04 Å². The highest BCUT2D eigenvalue weighted by molar-refractivity contribution is 9.10. The van der Waals surface area contributed by atoms with E-state index in [9.17, 15) is 0 Å². The Balaban J connectivity index is 2.40. The van der Waals surface area contributed by atoms with Gasteiger partial charge in [0.2, 0.25) is 0 Å². The average molecular weight is 283 g/mol. The van der Waals surface area contributed by atoms with Crippen molar-refractivity contribution in [2.24, 2.45) is 11.7 Å². The van der Waals surface area contributed by atoms with Gasteiger partial charge in [0, 0.05) is 10.7 Å². The lowest BCUT2D eigenvalue weighted by atomic mass is 10.0. The SMILES string of the molecule is CC(C)CC(N)c1nnc2ccc(Br)cn12. The van der Waals surface area contributed by atoms with Gasteiger partial charge >= 0.3 is 0 Å². The molecule has 2 aromatic rings. The highest BCUT2D eigenvalue weighted by atomic mass is 79.9. The zero-order valence-corrected chi connectivity index (χ0v) is 11.0. The van der Waals surface area contributed by atoms with Gasteiger partial charge in [0.1, 0.15) is 0 Å². The Morgan fingerprint density at radius 3 is 2.81 bits per heavy atom. The molecule has 1 unspecified atom stereocenters. The van der Waals surface area contributed by atoms with E-state index in [4.69, 9.17) is 5.73 Å². The molecule has 0 saturated heterocycles. The summed E-state index contributed by atoms with van der Waals surface area (Å²) in [5.74, 6) is 1.37. The van der Waals surface area contributed by atoms with Crippen LogP contribution in [0.5, 0.6) is 0 Å². The largest absolute Gasteiger partial charge is 0.321 e. The number of halogens is 1. The molecule has 86 valence electrons. The first-order valence-corrected chi connectivity index (χ1v) is 6.13. The van der Waals surface area contributed by atoms with E-state index in [0.717, 1.165) is 22.4 Å². The second kappa shape index (κ2) is 4.51. The van der Waals surface area contributed by atoms with Crippen LogP contribution in [-0.4, -0.2) is 14.6 Å². The molecule has 0 aliphatic rings. The maximum Gasteiger partial charge on any atom is 0.160 e. The lowest BCUT2D eigenvalue weighted by Gasteiger charge is -2.12. The molecule has 1 atom stereocenters. The van der Waals surface area contributed by atoms with Crippen molar-refractivity contribution in [3.63, 3.8) is 0 Å². The summed E-state index contributed by atoms with van der Waals surface area (Å²) in [4.78, 5) is 0. The first-order valence-electron chi connectivity index (χ1n) is 5.33. The van der Waals surface area contributed by atoms with Crippen LogP contribution in [0.25, 0.3) is 5.65 Å². The summed E-state index contributed by atoms with van der Waals surface area (Å²) >= 11 is 3.43. The number of fused-ring (bicyclic) bond motifs is 1. The molecule has 0 aromatic carbocycles. The van der Waals surface area contributed by atoms with E-state index in [1.54, 1.807) is 0 Å². The van der Waals surface area contributed by atoms with Gasteiger partial charge in [-0.2, -0.15) is 0 Å². The van der Waals surface area contributed by atoms with Crippen LogP contribution in [0.15, 0.2) is 22.8 Å². The minimum atomic E-state index is -0.0655. The molecule has 0 spiro atoms. The number of pyridine rings is 1. The monoisotopic (exact) mass is 282 g/mol. The lowest BCUT2D eigenvalue weighted by molar-refractivity contribution is 0.490. The van der Waals surface area contributed by atoms with Crippen molar-refractivity contribution in [3.05, 3.63) is 28.6 Å². The van der Waals surface area contributed by atoms with Gasteiger partial charge in [-0.15, -0.1) is 10.2 Å². The minimum absolute atomic E-state index is 0.0655. The van der Waals surface area contributed by atoms with Crippen molar-refractivity contribution >= 4 is 21.6 Å². The molecule has 4 nitrogen and oxygen atoms in total. The van der Waals surface area contributed by atoms with Crippen LogP contribution in [0.1, 0.15) is 32.1 Å². The Bertz CT molecular complexity index is 492. The zero-order chi connectivity index (χ0) is 11.7. The first-order chi connectivity index (χ1) is 7.58. The van der Waals surface area contributed by atoms with Crippen LogP contribution in [0.3, 0.4) is 0 Å². The van der Waals surface area contributed by atoms with E-state index < -0.39 is 0 Å². The van der Waals surface area contributed by atoms with Crippen LogP contribution < -0.4 is 5.73 Å². The summed E-state index contributed by atoms with van der Waals surface area (Å²) in [6.45, 7) is 4.30. The van der Waals surface area contributed by atoms with Crippen molar-refractivity contribution in [1.29, 1.82) is 0 Å². The Hall–Kier alpha value is -0.940. The van der Waals surface area contributed by atoms with Gasteiger partial charge in [-0.3, -0.25) is 4.40 Å². The van der Waals surface area contributed by atoms with Gasteiger partial charge in [0.15, 0.2) is 11.5 Å².